The predicted octanol–water partition coefficient (Wildman–Crippen LogP) is 1.69. The molecule has 0 spiro atoms. The molecule has 19 heavy (non-hydrogen) atoms. The summed E-state index contributed by atoms with van der Waals surface area (Å²) < 4.78 is 5.08. The maximum absolute atomic E-state index is 11.8. The Kier molecular flexibility index (Phi) is 3.74. The number of carbonyl (C=O) groups is 2. The molecule has 1 heterocycles. The van der Waals surface area contributed by atoms with Crippen molar-refractivity contribution < 1.29 is 19.4 Å². The predicted molar refractivity (Wildman–Crippen MR) is 68.9 cm³/mol. The zero-order valence-electron chi connectivity index (χ0n) is 11.0. The number of carboxylic acids is 1. The van der Waals surface area contributed by atoms with Crippen LogP contribution in [-0.4, -0.2) is 36.0 Å². The highest BCUT2D eigenvalue weighted by molar-refractivity contribution is 5.81. The van der Waals surface area contributed by atoms with Crippen LogP contribution in [0.4, 0.5) is 0 Å². The summed E-state index contributed by atoms with van der Waals surface area (Å²) >= 11 is 0. The fourth-order valence-corrected chi connectivity index (χ4v) is 2.55. The van der Waals surface area contributed by atoms with Gasteiger partial charge >= 0.3 is 5.97 Å². The molecule has 1 saturated heterocycles. The van der Waals surface area contributed by atoms with Crippen LogP contribution in [0.2, 0.25) is 0 Å². The fourth-order valence-electron chi connectivity index (χ4n) is 2.55. The molecular formula is C14H17NO4. The number of rotatable bonds is 3. The standard InChI is InChI=1S/C14H17NO4/c1-15-12(16)8-7-11(14(17)18)13(15)9-3-5-10(19-2)6-4-9/h3-6,11,13H,7-8H2,1-2H3,(H,17,18)/t11-,13+/m1/s1. The Morgan fingerprint density at radius 1 is 1.37 bits per heavy atom. The van der Waals surface area contributed by atoms with Crippen molar-refractivity contribution in [2.24, 2.45) is 5.92 Å². The van der Waals surface area contributed by atoms with Gasteiger partial charge in [-0.3, -0.25) is 9.59 Å². The van der Waals surface area contributed by atoms with Gasteiger partial charge in [0.2, 0.25) is 5.91 Å². The molecule has 1 aromatic rings. The number of amides is 1. The van der Waals surface area contributed by atoms with Crippen LogP contribution in [0.15, 0.2) is 24.3 Å². The summed E-state index contributed by atoms with van der Waals surface area (Å²) in [6.45, 7) is 0. The van der Waals surface area contributed by atoms with E-state index in [9.17, 15) is 14.7 Å². The van der Waals surface area contributed by atoms with Gasteiger partial charge in [0.05, 0.1) is 19.1 Å². The highest BCUT2D eigenvalue weighted by atomic mass is 16.5. The first-order chi connectivity index (χ1) is 9.04. The third-order valence-electron chi connectivity index (χ3n) is 3.64. The van der Waals surface area contributed by atoms with Gasteiger partial charge in [0, 0.05) is 13.5 Å². The summed E-state index contributed by atoms with van der Waals surface area (Å²) in [5.41, 5.74) is 0.823. The fraction of sp³-hybridized carbons (Fsp3) is 0.429. The third-order valence-corrected chi connectivity index (χ3v) is 3.64. The highest BCUT2D eigenvalue weighted by Gasteiger charge is 2.38. The first kappa shape index (κ1) is 13.4. The summed E-state index contributed by atoms with van der Waals surface area (Å²) in [4.78, 5) is 24.7. The van der Waals surface area contributed by atoms with Crippen LogP contribution >= 0.6 is 0 Å². The van der Waals surface area contributed by atoms with Gasteiger partial charge in [-0.05, 0) is 24.1 Å². The van der Waals surface area contributed by atoms with Crippen LogP contribution in [-0.2, 0) is 9.59 Å². The van der Waals surface area contributed by atoms with E-state index in [1.165, 1.54) is 4.90 Å². The van der Waals surface area contributed by atoms with Crippen LogP contribution in [0.3, 0.4) is 0 Å². The Bertz CT molecular complexity index is 483. The minimum absolute atomic E-state index is 0.0154. The zero-order valence-corrected chi connectivity index (χ0v) is 11.0. The lowest BCUT2D eigenvalue weighted by Crippen LogP contribution is -2.42. The second-order valence-corrected chi connectivity index (χ2v) is 4.71. The summed E-state index contributed by atoms with van der Waals surface area (Å²) in [6, 6.07) is 6.77. The van der Waals surface area contributed by atoms with Crippen LogP contribution in [0.1, 0.15) is 24.4 Å². The number of hydrogen-bond donors (Lipinski definition) is 1. The Labute approximate surface area is 111 Å². The quantitative estimate of drug-likeness (QED) is 0.901. The molecule has 102 valence electrons. The normalized spacial score (nSPS) is 23.3. The average molecular weight is 263 g/mol. The number of piperidine rings is 1. The maximum Gasteiger partial charge on any atom is 0.308 e. The van der Waals surface area contributed by atoms with Crippen molar-refractivity contribution in [2.75, 3.05) is 14.2 Å². The summed E-state index contributed by atoms with van der Waals surface area (Å²) in [5, 5.41) is 9.31. The molecule has 1 aromatic carbocycles. The van der Waals surface area contributed by atoms with Crippen molar-refractivity contribution in [3.63, 3.8) is 0 Å². The lowest BCUT2D eigenvalue weighted by Gasteiger charge is -2.37. The Morgan fingerprint density at radius 3 is 2.53 bits per heavy atom. The van der Waals surface area contributed by atoms with Gasteiger partial charge in [0.15, 0.2) is 0 Å². The van der Waals surface area contributed by atoms with Gasteiger partial charge < -0.3 is 14.7 Å². The number of nitrogens with zero attached hydrogens (tertiary/aromatic N) is 1. The van der Waals surface area contributed by atoms with E-state index >= 15 is 0 Å². The number of carbonyl (C=O) groups excluding carboxylic acids is 1. The molecule has 0 unspecified atom stereocenters. The van der Waals surface area contributed by atoms with E-state index in [4.69, 9.17) is 4.74 Å². The second kappa shape index (κ2) is 5.30. The molecule has 0 bridgehead atoms. The van der Waals surface area contributed by atoms with E-state index in [-0.39, 0.29) is 5.91 Å². The Morgan fingerprint density at radius 2 is 2.00 bits per heavy atom. The van der Waals surface area contributed by atoms with Gasteiger partial charge in [0.25, 0.3) is 0 Å². The Hall–Kier alpha value is -2.04. The molecule has 0 aromatic heterocycles. The molecule has 1 fully saturated rings. The van der Waals surface area contributed by atoms with Gasteiger partial charge in [0.1, 0.15) is 5.75 Å². The van der Waals surface area contributed by atoms with Crippen molar-refractivity contribution in [3.8, 4) is 5.75 Å². The van der Waals surface area contributed by atoms with E-state index in [2.05, 4.69) is 0 Å². The van der Waals surface area contributed by atoms with E-state index in [0.717, 1.165) is 5.56 Å². The van der Waals surface area contributed by atoms with E-state index in [1.54, 1.807) is 26.3 Å². The molecule has 2 atom stereocenters. The minimum Gasteiger partial charge on any atom is -0.497 e. The lowest BCUT2D eigenvalue weighted by molar-refractivity contribution is -0.150. The summed E-state index contributed by atoms with van der Waals surface area (Å²) in [6.07, 6.45) is 0.676. The monoisotopic (exact) mass is 263 g/mol. The molecule has 0 aliphatic carbocycles. The van der Waals surface area contributed by atoms with Gasteiger partial charge in [-0.25, -0.2) is 0 Å². The molecule has 5 heteroatoms. The zero-order chi connectivity index (χ0) is 14.0. The molecule has 1 aliphatic rings. The average Bonchev–Trinajstić information content (AvgIpc) is 2.41. The number of carboxylic acid groups (broad SMARTS) is 1. The molecular weight excluding hydrogens is 246 g/mol. The van der Waals surface area contributed by atoms with Crippen LogP contribution < -0.4 is 4.74 Å². The first-order valence-electron chi connectivity index (χ1n) is 6.17. The smallest absolute Gasteiger partial charge is 0.308 e. The van der Waals surface area contributed by atoms with Crippen molar-refractivity contribution >= 4 is 11.9 Å². The number of ether oxygens (including phenoxy) is 1. The SMILES string of the molecule is COc1ccc([C@H]2[C@H](C(=O)O)CCC(=O)N2C)cc1. The molecule has 2 rings (SSSR count). The molecule has 0 saturated carbocycles. The lowest BCUT2D eigenvalue weighted by atomic mass is 9.84. The van der Waals surface area contributed by atoms with Gasteiger partial charge in [-0.2, -0.15) is 0 Å². The van der Waals surface area contributed by atoms with Crippen LogP contribution in [0, 0.1) is 5.92 Å². The highest BCUT2D eigenvalue weighted by Crippen LogP contribution is 2.36. The summed E-state index contributed by atoms with van der Waals surface area (Å²) in [5.74, 6) is -0.727. The molecule has 0 radical (unpaired) electrons. The van der Waals surface area contributed by atoms with Gasteiger partial charge in [-0.1, -0.05) is 12.1 Å². The van der Waals surface area contributed by atoms with Crippen molar-refractivity contribution in [2.45, 2.75) is 18.9 Å². The number of methoxy groups -OCH3 is 1. The number of benzene rings is 1. The molecule has 1 amide bonds. The second-order valence-electron chi connectivity index (χ2n) is 4.71. The van der Waals surface area contributed by atoms with Crippen LogP contribution in [0.5, 0.6) is 5.75 Å². The third kappa shape index (κ3) is 2.54. The molecule has 1 aliphatic heterocycles. The number of hydrogen-bond acceptors (Lipinski definition) is 3. The first-order valence-corrected chi connectivity index (χ1v) is 6.17. The maximum atomic E-state index is 11.8. The molecule has 1 N–H and O–H groups in total. The van der Waals surface area contributed by atoms with Crippen molar-refractivity contribution in [1.82, 2.24) is 4.90 Å². The van der Waals surface area contributed by atoms with E-state index in [0.29, 0.717) is 18.6 Å². The number of aliphatic carboxylic acids is 1. The number of likely N-dealkylation sites (tertiary alicyclic amines) is 1. The van der Waals surface area contributed by atoms with Crippen LogP contribution in [0.25, 0.3) is 0 Å². The van der Waals surface area contributed by atoms with Crippen molar-refractivity contribution in [3.05, 3.63) is 29.8 Å². The topological polar surface area (TPSA) is 66.8 Å². The van der Waals surface area contributed by atoms with E-state index in [1.807, 2.05) is 12.1 Å². The molecule has 5 nitrogen and oxygen atoms in total. The Balaban J connectivity index is 2.34. The van der Waals surface area contributed by atoms with E-state index < -0.39 is 17.9 Å². The largest absolute Gasteiger partial charge is 0.497 e. The van der Waals surface area contributed by atoms with Crippen molar-refractivity contribution in [1.29, 1.82) is 0 Å². The minimum atomic E-state index is -0.861. The summed E-state index contributed by atoms with van der Waals surface area (Å²) in [7, 11) is 3.23. The van der Waals surface area contributed by atoms with Gasteiger partial charge in [-0.15, -0.1) is 0 Å².